The van der Waals surface area contributed by atoms with Gasteiger partial charge in [-0.3, -0.25) is 14.9 Å². The Balaban J connectivity index is 2.12. The van der Waals surface area contributed by atoms with E-state index in [0.717, 1.165) is 11.1 Å². The Hall–Kier alpha value is -2.49. The van der Waals surface area contributed by atoms with Gasteiger partial charge in [0.25, 0.3) is 0 Å². The van der Waals surface area contributed by atoms with E-state index in [-0.39, 0.29) is 23.5 Å². The normalized spacial score (nSPS) is 27.6. The molecule has 3 rings (SSSR count). The van der Waals surface area contributed by atoms with Gasteiger partial charge < -0.3 is 0 Å². The molecule has 2 unspecified atom stereocenters. The van der Waals surface area contributed by atoms with E-state index >= 15 is 0 Å². The van der Waals surface area contributed by atoms with Crippen molar-refractivity contribution in [3.8, 4) is 0 Å². The van der Waals surface area contributed by atoms with Crippen LogP contribution in [0.2, 0.25) is 0 Å². The van der Waals surface area contributed by atoms with Crippen LogP contribution in [0.5, 0.6) is 0 Å². The van der Waals surface area contributed by atoms with Gasteiger partial charge in [0.2, 0.25) is 5.54 Å². The molecule has 1 aliphatic rings. The molecule has 0 heterocycles. The Morgan fingerprint density at radius 1 is 0.913 bits per heavy atom. The number of hydrogen-bond acceptors (Lipinski definition) is 3. The van der Waals surface area contributed by atoms with Gasteiger partial charge in [0.05, 0.1) is 11.8 Å². The van der Waals surface area contributed by atoms with Crippen LogP contribution in [0.25, 0.3) is 0 Å². The van der Waals surface area contributed by atoms with Crippen LogP contribution in [-0.4, -0.2) is 16.2 Å². The number of carbonyl (C=O) groups is 1. The molecule has 0 spiro atoms. The van der Waals surface area contributed by atoms with Crippen LogP contribution in [0.3, 0.4) is 0 Å². The standard InChI is InChI=1S/C19H19NO3/c1-19(20(22)23)17(14-8-4-2-5-9-14)12-16(21)13-18(19)15-10-6-3-7-11-15/h2-11,17-18H,12-13H2,1H3. The summed E-state index contributed by atoms with van der Waals surface area (Å²) in [5.41, 5.74) is 0.526. The van der Waals surface area contributed by atoms with Gasteiger partial charge in [0.1, 0.15) is 5.78 Å². The van der Waals surface area contributed by atoms with Gasteiger partial charge >= 0.3 is 0 Å². The largest absolute Gasteiger partial charge is 0.300 e. The highest BCUT2D eigenvalue weighted by atomic mass is 16.6. The Kier molecular flexibility index (Phi) is 3.99. The predicted octanol–water partition coefficient (Wildman–Crippen LogP) is 3.95. The third-order valence-electron chi connectivity index (χ3n) is 5.07. The zero-order valence-electron chi connectivity index (χ0n) is 13.0. The maximum Gasteiger partial charge on any atom is 0.233 e. The molecule has 1 aliphatic carbocycles. The lowest BCUT2D eigenvalue weighted by Gasteiger charge is -2.40. The third-order valence-corrected chi connectivity index (χ3v) is 5.07. The van der Waals surface area contributed by atoms with E-state index in [4.69, 9.17) is 0 Å². The molecule has 118 valence electrons. The fraction of sp³-hybridized carbons (Fsp3) is 0.316. The number of ketones is 1. The number of rotatable bonds is 3. The molecule has 1 saturated carbocycles. The van der Waals surface area contributed by atoms with Gasteiger partial charge in [0, 0.05) is 24.7 Å². The summed E-state index contributed by atoms with van der Waals surface area (Å²) in [5, 5.41) is 12.0. The lowest BCUT2D eigenvalue weighted by Crippen LogP contribution is -2.51. The van der Waals surface area contributed by atoms with Crippen molar-refractivity contribution in [1.29, 1.82) is 0 Å². The molecule has 0 N–H and O–H groups in total. The number of hydrogen-bond donors (Lipinski definition) is 0. The van der Waals surface area contributed by atoms with E-state index in [2.05, 4.69) is 0 Å². The SMILES string of the molecule is CC1([N+](=O)[O-])C(c2ccccc2)CC(=O)CC1c1ccccc1. The van der Waals surface area contributed by atoms with Crippen molar-refractivity contribution in [2.24, 2.45) is 0 Å². The molecular weight excluding hydrogens is 290 g/mol. The lowest BCUT2D eigenvalue weighted by atomic mass is 9.62. The minimum absolute atomic E-state index is 0.0898. The van der Waals surface area contributed by atoms with Crippen LogP contribution in [-0.2, 0) is 4.79 Å². The number of nitro groups is 1. The second-order valence-corrected chi connectivity index (χ2v) is 6.36. The molecule has 2 atom stereocenters. The summed E-state index contributed by atoms with van der Waals surface area (Å²) in [7, 11) is 0. The van der Waals surface area contributed by atoms with Crippen LogP contribution in [0.1, 0.15) is 42.7 Å². The molecule has 23 heavy (non-hydrogen) atoms. The van der Waals surface area contributed by atoms with Crippen LogP contribution in [0.15, 0.2) is 60.7 Å². The summed E-state index contributed by atoms with van der Waals surface area (Å²) in [5.74, 6) is -0.734. The first-order chi connectivity index (χ1) is 11.0. The quantitative estimate of drug-likeness (QED) is 0.637. The average Bonchev–Trinajstić information content (AvgIpc) is 2.58. The molecule has 0 radical (unpaired) electrons. The van der Waals surface area contributed by atoms with Crippen molar-refractivity contribution in [1.82, 2.24) is 0 Å². The summed E-state index contributed by atoms with van der Waals surface area (Å²) in [6.07, 6.45) is 0.454. The maximum atomic E-state index is 12.3. The van der Waals surface area contributed by atoms with Crippen molar-refractivity contribution in [3.05, 3.63) is 81.9 Å². The zero-order valence-corrected chi connectivity index (χ0v) is 13.0. The summed E-state index contributed by atoms with van der Waals surface area (Å²) >= 11 is 0. The van der Waals surface area contributed by atoms with E-state index in [9.17, 15) is 14.9 Å². The van der Waals surface area contributed by atoms with Crippen molar-refractivity contribution in [3.63, 3.8) is 0 Å². The molecule has 0 saturated heterocycles. The highest BCUT2D eigenvalue weighted by Crippen LogP contribution is 2.49. The monoisotopic (exact) mass is 309 g/mol. The van der Waals surface area contributed by atoms with Crippen molar-refractivity contribution in [2.75, 3.05) is 0 Å². The van der Waals surface area contributed by atoms with Crippen molar-refractivity contribution in [2.45, 2.75) is 37.1 Å². The van der Waals surface area contributed by atoms with Crippen molar-refractivity contribution < 1.29 is 9.72 Å². The molecule has 2 aromatic rings. The summed E-state index contributed by atoms with van der Waals surface area (Å²) < 4.78 is 0. The topological polar surface area (TPSA) is 60.2 Å². The predicted molar refractivity (Wildman–Crippen MR) is 88.0 cm³/mol. The van der Waals surface area contributed by atoms with Gasteiger partial charge in [0.15, 0.2) is 0 Å². The molecule has 0 aliphatic heterocycles. The fourth-order valence-electron chi connectivity index (χ4n) is 3.73. The molecular formula is C19H19NO3. The molecule has 2 aromatic carbocycles. The number of carbonyl (C=O) groups excluding carboxylic acids is 1. The van der Waals surface area contributed by atoms with Gasteiger partial charge in [-0.1, -0.05) is 60.7 Å². The minimum atomic E-state index is -1.20. The fourth-order valence-corrected chi connectivity index (χ4v) is 3.73. The van der Waals surface area contributed by atoms with Gasteiger partial charge in [-0.15, -0.1) is 0 Å². The summed E-state index contributed by atoms with van der Waals surface area (Å²) in [6, 6.07) is 18.8. The second kappa shape index (κ2) is 5.95. The average molecular weight is 309 g/mol. The van der Waals surface area contributed by atoms with E-state index in [1.54, 1.807) is 6.92 Å². The molecule has 4 nitrogen and oxygen atoms in total. The Bertz CT molecular complexity index is 660. The van der Waals surface area contributed by atoms with Gasteiger partial charge in [-0.05, 0) is 11.1 Å². The Labute approximate surface area is 135 Å². The number of benzene rings is 2. The van der Waals surface area contributed by atoms with Crippen LogP contribution in [0, 0.1) is 10.1 Å². The van der Waals surface area contributed by atoms with Crippen LogP contribution >= 0.6 is 0 Å². The number of nitrogens with zero attached hydrogens (tertiary/aromatic N) is 1. The van der Waals surface area contributed by atoms with E-state index in [1.807, 2.05) is 60.7 Å². The lowest BCUT2D eigenvalue weighted by molar-refractivity contribution is -0.576. The first-order valence-electron chi connectivity index (χ1n) is 7.79. The maximum absolute atomic E-state index is 12.3. The van der Waals surface area contributed by atoms with Crippen molar-refractivity contribution >= 4 is 5.78 Å². The Morgan fingerprint density at radius 3 is 1.65 bits per heavy atom. The first kappa shape index (κ1) is 15.4. The smallest absolute Gasteiger partial charge is 0.233 e. The van der Waals surface area contributed by atoms with Gasteiger partial charge in [-0.2, -0.15) is 0 Å². The van der Waals surface area contributed by atoms with E-state index in [1.165, 1.54) is 0 Å². The molecule has 0 amide bonds. The van der Waals surface area contributed by atoms with Crippen LogP contribution in [0.4, 0.5) is 0 Å². The first-order valence-corrected chi connectivity index (χ1v) is 7.79. The van der Waals surface area contributed by atoms with Crippen LogP contribution < -0.4 is 0 Å². The molecule has 0 aromatic heterocycles. The van der Waals surface area contributed by atoms with E-state index in [0.29, 0.717) is 0 Å². The second-order valence-electron chi connectivity index (χ2n) is 6.36. The summed E-state index contributed by atoms with van der Waals surface area (Å²) in [6.45, 7) is 1.69. The van der Waals surface area contributed by atoms with E-state index < -0.39 is 17.4 Å². The van der Waals surface area contributed by atoms with Gasteiger partial charge in [-0.25, -0.2) is 0 Å². The highest BCUT2D eigenvalue weighted by Gasteiger charge is 2.57. The number of Topliss-reactive ketones (excluding diaryl/α,β-unsaturated/α-hetero) is 1. The zero-order chi connectivity index (χ0) is 16.4. The molecule has 1 fully saturated rings. The summed E-state index contributed by atoms with van der Waals surface area (Å²) in [4.78, 5) is 24.2. The third kappa shape index (κ3) is 2.65. The Morgan fingerprint density at radius 2 is 1.30 bits per heavy atom. The molecule has 4 heteroatoms. The molecule has 0 bridgehead atoms. The minimum Gasteiger partial charge on any atom is -0.300 e. The highest BCUT2D eigenvalue weighted by molar-refractivity contribution is 5.82.